The lowest BCUT2D eigenvalue weighted by atomic mass is 9.91. The molecule has 2 aliphatic rings. The van der Waals surface area contributed by atoms with E-state index in [0.717, 1.165) is 13.0 Å². The van der Waals surface area contributed by atoms with Gasteiger partial charge in [-0.25, -0.2) is 0 Å². The van der Waals surface area contributed by atoms with E-state index in [2.05, 4.69) is 4.90 Å². The van der Waals surface area contributed by atoms with Crippen molar-refractivity contribution >= 4 is 5.78 Å². The van der Waals surface area contributed by atoms with Crippen LogP contribution in [-0.4, -0.2) is 44.0 Å². The third-order valence-corrected chi connectivity index (χ3v) is 4.25. The van der Waals surface area contributed by atoms with Crippen LogP contribution in [0.5, 0.6) is 0 Å². The molecule has 1 saturated carbocycles. The van der Waals surface area contributed by atoms with Crippen LogP contribution in [0.4, 0.5) is 0 Å². The quantitative estimate of drug-likeness (QED) is 0.742. The average molecular weight is 269 g/mol. The Labute approximate surface area is 118 Å². The number of piperidine rings is 1. The Kier molecular flexibility index (Phi) is 7.01. The maximum absolute atomic E-state index is 11.1. The second-order valence-corrected chi connectivity index (χ2v) is 6.06. The highest BCUT2D eigenvalue weighted by atomic mass is 16.5. The molecule has 1 saturated heterocycles. The van der Waals surface area contributed by atoms with Crippen molar-refractivity contribution in [1.82, 2.24) is 4.90 Å². The van der Waals surface area contributed by atoms with Crippen molar-refractivity contribution < 1.29 is 9.53 Å². The molecule has 3 nitrogen and oxygen atoms in total. The van der Waals surface area contributed by atoms with Gasteiger partial charge in [0.1, 0.15) is 5.78 Å². The lowest BCUT2D eigenvalue weighted by Crippen LogP contribution is -2.39. The van der Waals surface area contributed by atoms with Gasteiger partial charge < -0.3 is 14.4 Å². The number of carbonyl (C=O) groups is 1. The Balaban J connectivity index is 0.000000861. The summed E-state index contributed by atoms with van der Waals surface area (Å²) in [6, 6.07) is 0. The van der Waals surface area contributed by atoms with Crippen LogP contribution < -0.4 is 0 Å². The zero-order valence-electron chi connectivity index (χ0n) is 13.2. The van der Waals surface area contributed by atoms with E-state index in [-0.39, 0.29) is 0 Å². The molecule has 19 heavy (non-hydrogen) atoms. The van der Waals surface area contributed by atoms with Crippen molar-refractivity contribution in [3.8, 4) is 0 Å². The van der Waals surface area contributed by atoms with Crippen molar-refractivity contribution in [2.24, 2.45) is 11.3 Å². The predicted octanol–water partition coefficient (Wildman–Crippen LogP) is 3.13. The van der Waals surface area contributed by atoms with Gasteiger partial charge in [-0.3, -0.25) is 0 Å². The Morgan fingerprint density at radius 3 is 2.26 bits per heavy atom. The fourth-order valence-electron chi connectivity index (χ4n) is 3.06. The molecular formula is C16H31NO2. The van der Waals surface area contributed by atoms with Crippen molar-refractivity contribution in [3.63, 3.8) is 0 Å². The first-order valence-corrected chi connectivity index (χ1v) is 7.84. The Morgan fingerprint density at radius 1 is 1.26 bits per heavy atom. The van der Waals surface area contributed by atoms with Crippen molar-refractivity contribution in [1.29, 1.82) is 0 Å². The van der Waals surface area contributed by atoms with Crippen LogP contribution in [0.2, 0.25) is 0 Å². The summed E-state index contributed by atoms with van der Waals surface area (Å²) in [5.41, 5.74) is 0.474. The second kappa shape index (κ2) is 8.01. The standard InChI is InChI=1S/C14H25NO2.C2H6/c1-12(16)9-13-3-7-15(8-4-13)10-14(5-6-14)11-17-2;1-2/h13H,3-11H2,1-2H3;1-2H3. The Bertz CT molecular complexity index is 266. The summed E-state index contributed by atoms with van der Waals surface area (Å²) in [5.74, 6) is 0.989. The highest BCUT2D eigenvalue weighted by molar-refractivity contribution is 5.75. The lowest BCUT2D eigenvalue weighted by molar-refractivity contribution is -0.118. The third-order valence-electron chi connectivity index (χ3n) is 4.25. The topological polar surface area (TPSA) is 29.5 Å². The Morgan fingerprint density at radius 2 is 1.84 bits per heavy atom. The van der Waals surface area contributed by atoms with Gasteiger partial charge in [0.2, 0.25) is 0 Å². The summed E-state index contributed by atoms with van der Waals surface area (Å²) in [4.78, 5) is 13.7. The van der Waals surface area contributed by atoms with Gasteiger partial charge in [-0.2, -0.15) is 0 Å². The van der Waals surface area contributed by atoms with E-state index in [1.54, 1.807) is 14.0 Å². The summed E-state index contributed by atoms with van der Waals surface area (Å²) < 4.78 is 5.31. The first kappa shape index (κ1) is 16.6. The lowest BCUT2D eigenvalue weighted by Gasteiger charge is -2.34. The largest absolute Gasteiger partial charge is 0.384 e. The number of hydrogen-bond donors (Lipinski definition) is 0. The van der Waals surface area contributed by atoms with Crippen molar-refractivity contribution in [2.75, 3.05) is 33.4 Å². The monoisotopic (exact) mass is 269 g/mol. The molecule has 0 aromatic rings. The molecule has 0 spiro atoms. The number of methoxy groups -OCH3 is 1. The third kappa shape index (κ3) is 5.62. The molecule has 0 unspecified atom stereocenters. The fraction of sp³-hybridized carbons (Fsp3) is 0.938. The van der Waals surface area contributed by atoms with Crippen molar-refractivity contribution in [3.05, 3.63) is 0 Å². The fourth-order valence-corrected chi connectivity index (χ4v) is 3.06. The van der Waals surface area contributed by atoms with Gasteiger partial charge in [-0.05, 0) is 51.6 Å². The van der Waals surface area contributed by atoms with Crippen LogP contribution in [0.25, 0.3) is 0 Å². The number of hydrogen-bond acceptors (Lipinski definition) is 3. The Hall–Kier alpha value is -0.410. The van der Waals surface area contributed by atoms with E-state index >= 15 is 0 Å². The maximum Gasteiger partial charge on any atom is 0.130 e. The van der Waals surface area contributed by atoms with Crippen molar-refractivity contribution in [2.45, 2.75) is 52.9 Å². The summed E-state index contributed by atoms with van der Waals surface area (Å²) >= 11 is 0. The smallest absolute Gasteiger partial charge is 0.130 e. The molecule has 0 amide bonds. The van der Waals surface area contributed by atoms with E-state index in [1.165, 1.54) is 45.3 Å². The van der Waals surface area contributed by atoms with Gasteiger partial charge in [-0.15, -0.1) is 0 Å². The SMILES string of the molecule is CC.COCC1(CN2CCC(CC(C)=O)CC2)CC1. The van der Waals surface area contributed by atoms with Gasteiger partial charge >= 0.3 is 0 Å². The minimum absolute atomic E-state index is 0.349. The minimum Gasteiger partial charge on any atom is -0.384 e. The van der Waals surface area contributed by atoms with Gasteiger partial charge in [0, 0.05) is 25.5 Å². The normalized spacial score (nSPS) is 22.5. The number of likely N-dealkylation sites (tertiary alicyclic amines) is 1. The highest BCUT2D eigenvalue weighted by Gasteiger charge is 2.44. The minimum atomic E-state index is 0.349. The number of ether oxygens (including phenoxy) is 1. The highest BCUT2D eigenvalue weighted by Crippen LogP contribution is 2.46. The number of Topliss-reactive ketones (excluding diaryl/α,β-unsaturated/α-hetero) is 1. The molecule has 112 valence electrons. The molecule has 0 radical (unpaired) electrons. The summed E-state index contributed by atoms with van der Waals surface area (Å²) in [5, 5.41) is 0. The van der Waals surface area contributed by atoms with Crippen LogP contribution in [0.15, 0.2) is 0 Å². The molecule has 0 bridgehead atoms. The maximum atomic E-state index is 11.1. The molecule has 1 aliphatic carbocycles. The number of nitrogens with zero attached hydrogens (tertiary/aromatic N) is 1. The number of rotatable bonds is 6. The summed E-state index contributed by atoms with van der Waals surface area (Å²) in [6.45, 7) is 10.2. The molecule has 0 aromatic carbocycles. The molecule has 2 rings (SSSR count). The first-order valence-electron chi connectivity index (χ1n) is 7.84. The van der Waals surface area contributed by atoms with Gasteiger partial charge in [-0.1, -0.05) is 13.8 Å². The molecular weight excluding hydrogens is 238 g/mol. The van der Waals surface area contributed by atoms with Gasteiger partial charge in [0.25, 0.3) is 0 Å². The molecule has 0 N–H and O–H groups in total. The zero-order valence-corrected chi connectivity index (χ0v) is 13.2. The molecule has 0 atom stereocenters. The van der Waals surface area contributed by atoms with E-state index in [9.17, 15) is 4.79 Å². The van der Waals surface area contributed by atoms with Crippen LogP contribution >= 0.6 is 0 Å². The molecule has 3 heteroatoms. The van der Waals surface area contributed by atoms with Crippen LogP contribution in [-0.2, 0) is 9.53 Å². The van der Waals surface area contributed by atoms with E-state index in [0.29, 0.717) is 17.1 Å². The van der Waals surface area contributed by atoms with E-state index in [1.807, 2.05) is 13.8 Å². The molecule has 2 fully saturated rings. The number of carbonyl (C=O) groups excluding carboxylic acids is 1. The van der Waals surface area contributed by atoms with Gasteiger partial charge in [0.15, 0.2) is 0 Å². The van der Waals surface area contributed by atoms with E-state index < -0.39 is 0 Å². The first-order chi connectivity index (χ1) is 9.13. The zero-order chi connectivity index (χ0) is 14.3. The number of ketones is 1. The molecule has 1 aliphatic heterocycles. The molecule has 0 aromatic heterocycles. The summed E-state index contributed by atoms with van der Waals surface area (Å²) in [7, 11) is 1.80. The summed E-state index contributed by atoms with van der Waals surface area (Å²) in [6.07, 6.45) is 5.84. The average Bonchev–Trinajstić information content (AvgIpc) is 3.14. The van der Waals surface area contributed by atoms with Crippen LogP contribution in [0.3, 0.4) is 0 Å². The van der Waals surface area contributed by atoms with Gasteiger partial charge in [0.05, 0.1) is 6.61 Å². The van der Waals surface area contributed by atoms with Crippen LogP contribution in [0, 0.1) is 11.3 Å². The molecule has 1 heterocycles. The predicted molar refractivity (Wildman–Crippen MR) is 79.4 cm³/mol. The van der Waals surface area contributed by atoms with E-state index in [4.69, 9.17) is 4.74 Å². The van der Waals surface area contributed by atoms with Crippen LogP contribution in [0.1, 0.15) is 52.9 Å². The second-order valence-electron chi connectivity index (χ2n) is 6.06.